The van der Waals surface area contributed by atoms with Crippen molar-refractivity contribution in [2.75, 3.05) is 14.2 Å². The summed E-state index contributed by atoms with van der Waals surface area (Å²) in [7, 11) is 3.36. The topological polar surface area (TPSA) is 62.3 Å². The van der Waals surface area contributed by atoms with Gasteiger partial charge < -0.3 is 15.2 Å². The van der Waals surface area contributed by atoms with E-state index < -0.39 is 0 Å². The van der Waals surface area contributed by atoms with Crippen LogP contribution in [0.2, 0.25) is 0 Å². The summed E-state index contributed by atoms with van der Waals surface area (Å²) >= 11 is 0. The Balaban J connectivity index is 2.72. The van der Waals surface area contributed by atoms with Crippen LogP contribution in [0.15, 0.2) is 6.20 Å². The minimum absolute atomic E-state index is 0.0648. The Hall–Kier alpha value is -1.07. The van der Waals surface area contributed by atoms with E-state index in [4.69, 9.17) is 15.2 Å². The average molecular weight is 241 g/mol. The molecule has 5 heteroatoms. The van der Waals surface area contributed by atoms with Gasteiger partial charge in [-0.2, -0.15) is 5.10 Å². The number of aromatic nitrogens is 2. The third-order valence-corrected chi connectivity index (χ3v) is 3.00. The largest absolute Gasteiger partial charge is 0.493 e. The lowest BCUT2D eigenvalue weighted by Crippen LogP contribution is -2.19. The molecule has 2 unspecified atom stereocenters. The molecular weight excluding hydrogens is 218 g/mol. The number of nitrogens with zero attached hydrogens (tertiary/aromatic N) is 2. The quantitative estimate of drug-likeness (QED) is 0.789. The third-order valence-electron chi connectivity index (χ3n) is 3.00. The SMILES string of the molecule is CCn1ncc(OC)c1C(N)CCC(C)OC. The molecule has 1 aromatic rings. The molecule has 0 spiro atoms. The third kappa shape index (κ3) is 3.44. The van der Waals surface area contributed by atoms with Crippen molar-refractivity contribution in [1.29, 1.82) is 0 Å². The predicted molar refractivity (Wildman–Crippen MR) is 67.1 cm³/mol. The number of ether oxygens (including phenoxy) is 2. The Bertz CT molecular complexity index is 317. The first-order valence-electron chi connectivity index (χ1n) is 6.02. The zero-order chi connectivity index (χ0) is 12.8. The lowest BCUT2D eigenvalue weighted by Gasteiger charge is -2.17. The van der Waals surface area contributed by atoms with Crippen LogP contribution in [0.1, 0.15) is 38.4 Å². The molecule has 0 radical (unpaired) electrons. The molecule has 0 fully saturated rings. The van der Waals surface area contributed by atoms with E-state index in [1.165, 1.54) is 0 Å². The molecule has 2 atom stereocenters. The molecule has 0 aliphatic heterocycles. The number of hydrogen-bond donors (Lipinski definition) is 1. The van der Waals surface area contributed by atoms with Crippen molar-refractivity contribution in [3.05, 3.63) is 11.9 Å². The summed E-state index contributed by atoms with van der Waals surface area (Å²) < 4.78 is 12.4. The van der Waals surface area contributed by atoms with E-state index in [0.717, 1.165) is 30.8 Å². The number of nitrogens with two attached hydrogens (primary N) is 1. The highest BCUT2D eigenvalue weighted by atomic mass is 16.5. The standard InChI is InChI=1S/C12H23N3O2/c1-5-15-12(11(17-4)8-14-15)10(13)7-6-9(2)16-3/h8-10H,5-7,13H2,1-4H3. The van der Waals surface area contributed by atoms with E-state index >= 15 is 0 Å². The van der Waals surface area contributed by atoms with Crippen molar-refractivity contribution in [3.8, 4) is 5.75 Å². The second-order valence-corrected chi connectivity index (χ2v) is 4.14. The van der Waals surface area contributed by atoms with Crippen LogP contribution in [0.4, 0.5) is 0 Å². The van der Waals surface area contributed by atoms with Crippen molar-refractivity contribution in [1.82, 2.24) is 9.78 Å². The van der Waals surface area contributed by atoms with Gasteiger partial charge in [0.05, 0.1) is 31.1 Å². The number of aryl methyl sites for hydroxylation is 1. The lowest BCUT2D eigenvalue weighted by molar-refractivity contribution is 0.107. The molecule has 2 N–H and O–H groups in total. The first-order chi connectivity index (χ1) is 8.13. The van der Waals surface area contributed by atoms with Crippen molar-refractivity contribution in [2.24, 2.45) is 5.73 Å². The van der Waals surface area contributed by atoms with Gasteiger partial charge in [-0.05, 0) is 26.7 Å². The first kappa shape index (κ1) is 14.0. The minimum atomic E-state index is -0.0648. The maximum atomic E-state index is 6.20. The van der Waals surface area contributed by atoms with Gasteiger partial charge in [-0.1, -0.05) is 0 Å². The first-order valence-corrected chi connectivity index (χ1v) is 6.02. The van der Waals surface area contributed by atoms with Gasteiger partial charge in [-0.25, -0.2) is 0 Å². The van der Waals surface area contributed by atoms with Gasteiger partial charge in [0, 0.05) is 13.7 Å². The van der Waals surface area contributed by atoms with Gasteiger partial charge in [-0.3, -0.25) is 4.68 Å². The molecule has 0 aliphatic rings. The van der Waals surface area contributed by atoms with Crippen LogP contribution in [0, 0.1) is 0 Å². The van der Waals surface area contributed by atoms with Gasteiger partial charge in [0.2, 0.25) is 0 Å². The molecule has 5 nitrogen and oxygen atoms in total. The van der Waals surface area contributed by atoms with Crippen molar-refractivity contribution >= 4 is 0 Å². The normalized spacial score (nSPS) is 14.6. The zero-order valence-corrected chi connectivity index (χ0v) is 11.1. The molecule has 0 aromatic carbocycles. The molecule has 0 saturated carbocycles. The molecule has 1 rings (SSSR count). The number of rotatable bonds is 7. The van der Waals surface area contributed by atoms with Crippen LogP contribution >= 0.6 is 0 Å². The fraction of sp³-hybridized carbons (Fsp3) is 0.750. The molecule has 1 aromatic heterocycles. The summed E-state index contributed by atoms with van der Waals surface area (Å²) in [6.45, 7) is 4.88. The Labute approximate surface area is 103 Å². The minimum Gasteiger partial charge on any atom is -0.493 e. The molecule has 17 heavy (non-hydrogen) atoms. The van der Waals surface area contributed by atoms with E-state index in [1.54, 1.807) is 20.4 Å². The molecule has 0 aliphatic carbocycles. The van der Waals surface area contributed by atoms with Gasteiger partial charge in [-0.15, -0.1) is 0 Å². The molecule has 0 amide bonds. The van der Waals surface area contributed by atoms with Crippen LogP contribution in [0.5, 0.6) is 5.75 Å². The second kappa shape index (κ2) is 6.61. The van der Waals surface area contributed by atoms with Crippen LogP contribution in [-0.4, -0.2) is 30.1 Å². The molecule has 1 heterocycles. The monoisotopic (exact) mass is 241 g/mol. The van der Waals surface area contributed by atoms with Crippen LogP contribution in [0.3, 0.4) is 0 Å². The van der Waals surface area contributed by atoms with Crippen LogP contribution in [-0.2, 0) is 11.3 Å². The summed E-state index contributed by atoms with van der Waals surface area (Å²) in [6, 6.07) is -0.0648. The van der Waals surface area contributed by atoms with E-state index in [-0.39, 0.29) is 12.1 Å². The maximum Gasteiger partial charge on any atom is 0.161 e. The lowest BCUT2D eigenvalue weighted by atomic mass is 10.1. The summed E-state index contributed by atoms with van der Waals surface area (Å²) in [4.78, 5) is 0. The number of hydrogen-bond acceptors (Lipinski definition) is 4. The van der Waals surface area contributed by atoms with Gasteiger partial charge in [0.25, 0.3) is 0 Å². The van der Waals surface area contributed by atoms with Crippen LogP contribution in [0.25, 0.3) is 0 Å². The molecule has 0 saturated heterocycles. The van der Waals surface area contributed by atoms with Crippen molar-refractivity contribution in [2.45, 2.75) is 45.4 Å². The zero-order valence-electron chi connectivity index (χ0n) is 11.1. The highest BCUT2D eigenvalue weighted by Gasteiger charge is 2.18. The molecular formula is C12H23N3O2. The summed E-state index contributed by atoms with van der Waals surface area (Å²) in [5.74, 6) is 0.768. The van der Waals surface area contributed by atoms with E-state index in [0.29, 0.717) is 0 Å². The highest BCUT2D eigenvalue weighted by molar-refractivity contribution is 5.28. The summed E-state index contributed by atoms with van der Waals surface area (Å²) in [6.07, 6.45) is 3.73. The summed E-state index contributed by atoms with van der Waals surface area (Å²) in [5, 5.41) is 4.25. The van der Waals surface area contributed by atoms with Gasteiger partial charge in [0.1, 0.15) is 0 Å². The Morgan fingerprint density at radius 1 is 1.41 bits per heavy atom. The highest BCUT2D eigenvalue weighted by Crippen LogP contribution is 2.26. The number of methoxy groups -OCH3 is 2. The Kier molecular flexibility index (Phi) is 5.44. The van der Waals surface area contributed by atoms with Crippen molar-refractivity contribution in [3.63, 3.8) is 0 Å². The van der Waals surface area contributed by atoms with Crippen molar-refractivity contribution < 1.29 is 9.47 Å². The fourth-order valence-corrected chi connectivity index (χ4v) is 1.83. The Morgan fingerprint density at radius 3 is 2.65 bits per heavy atom. The molecule has 98 valence electrons. The smallest absolute Gasteiger partial charge is 0.161 e. The maximum absolute atomic E-state index is 6.20. The van der Waals surface area contributed by atoms with E-state index in [2.05, 4.69) is 5.10 Å². The van der Waals surface area contributed by atoms with E-state index in [1.807, 2.05) is 18.5 Å². The Morgan fingerprint density at radius 2 is 2.12 bits per heavy atom. The van der Waals surface area contributed by atoms with Crippen LogP contribution < -0.4 is 10.5 Å². The fourth-order valence-electron chi connectivity index (χ4n) is 1.83. The molecule has 0 bridgehead atoms. The van der Waals surface area contributed by atoms with Gasteiger partial charge >= 0.3 is 0 Å². The predicted octanol–water partition coefficient (Wildman–Crippen LogP) is 1.73. The summed E-state index contributed by atoms with van der Waals surface area (Å²) in [5.41, 5.74) is 7.17. The van der Waals surface area contributed by atoms with E-state index in [9.17, 15) is 0 Å². The second-order valence-electron chi connectivity index (χ2n) is 4.14. The van der Waals surface area contributed by atoms with Gasteiger partial charge in [0.15, 0.2) is 5.75 Å². The average Bonchev–Trinajstić information content (AvgIpc) is 2.78.